The van der Waals surface area contributed by atoms with E-state index in [0.29, 0.717) is 24.4 Å². The summed E-state index contributed by atoms with van der Waals surface area (Å²) in [5.41, 5.74) is 1.44. The molecule has 0 aromatic carbocycles. The van der Waals surface area contributed by atoms with Crippen LogP contribution >= 0.6 is 0 Å². The van der Waals surface area contributed by atoms with Crippen molar-refractivity contribution in [1.29, 1.82) is 0 Å². The summed E-state index contributed by atoms with van der Waals surface area (Å²) in [6.45, 7) is 2.41. The van der Waals surface area contributed by atoms with Crippen molar-refractivity contribution in [1.82, 2.24) is 29.4 Å². The maximum Gasteiger partial charge on any atom is 0.233 e. The molecule has 3 heterocycles. The Morgan fingerprint density at radius 3 is 3.05 bits per heavy atom. The molecule has 0 fully saturated rings. The van der Waals surface area contributed by atoms with Gasteiger partial charge in [0.25, 0.3) is 0 Å². The zero-order valence-electron chi connectivity index (χ0n) is 10.5. The molecule has 0 saturated heterocycles. The molecular formula is C12H14N6O. The molecule has 7 heteroatoms. The van der Waals surface area contributed by atoms with Gasteiger partial charge in [-0.15, -0.1) is 5.10 Å². The minimum Gasteiger partial charge on any atom is -0.387 e. The first kappa shape index (κ1) is 11.8. The van der Waals surface area contributed by atoms with E-state index in [9.17, 15) is 5.11 Å². The Morgan fingerprint density at radius 1 is 1.37 bits per heavy atom. The Morgan fingerprint density at radius 2 is 2.26 bits per heavy atom. The van der Waals surface area contributed by atoms with Crippen molar-refractivity contribution >= 4 is 5.78 Å². The van der Waals surface area contributed by atoms with Crippen molar-refractivity contribution in [2.24, 2.45) is 0 Å². The number of hydrogen-bond acceptors (Lipinski definition) is 5. The van der Waals surface area contributed by atoms with Gasteiger partial charge in [0.2, 0.25) is 5.78 Å². The van der Waals surface area contributed by atoms with Gasteiger partial charge in [-0.3, -0.25) is 4.40 Å². The molecule has 0 spiro atoms. The van der Waals surface area contributed by atoms with E-state index in [1.807, 2.05) is 29.8 Å². The molecule has 19 heavy (non-hydrogen) atoms. The van der Waals surface area contributed by atoms with Gasteiger partial charge in [-0.2, -0.15) is 0 Å². The second kappa shape index (κ2) is 4.77. The van der Waals surface area contributed by atoms with Gasteiger partial charge in [-0.25, -0.2) is 14.6 Å². The molecule has 0 radical (unpaired) electrons. The second-order valence-electron chi connectivity index (χ2n) is 4.32. The number of fused-ring (bicyclic) bond motifs is 1. The lowest BCUT2D eigenvalue weighted by atomic mass is 10.2. The molecule has 98 valence electrons. The summed E-state index contributed by atoms with van der Waals surface area (Å²) < 4.78 is 3.52. The fraction of sp³-hybridized carbons (Fsp3) is 0.333. The predicted octanol–water partition coefficient (Wildman–Crippen LogP) is 0.812. The van der Waals surface area contributed by atoms with Crippen LogP contribution in [0.25, 0.3) is 5.78 Å². The van der Waals surface area contributed by atoms with Gasteiger partial charge in [0.05, 0.1) is 24.5 Å². The molecule has 3 aromatic rings. The van der Waals surface area contributed by atoms with Crippen LogP contribution < -0.4 is 0 Å². The lowest BCUT2D eigenvalue weighted by Gasteiger charge is -2.00. The molecule has 1 atom stereocenters. The van der Waals surface area contributed by atoms with Crippen LogP contribution in [-0.2, 0) is 6.54 Å². The van der Waals surface area contributed by atoms with Crippen LogP contribution in [0, 0.1) is 0 Å². The van der Waals surface area contributed by atoms with E-state index in [1.165, 1.54) is 0 Å². The third-order valence-corrected chi connectivity index (χ3v) is 2.89. The largest absolute Gasteiger partial charge is 0.387 e. The van der Waals surface area contributed by atoms with Crippen LogP contribution in [0.4, 0.5) is 0 Å². The molecule has 0 amide bonds. The SMILES string of the molecule is CCC(O)c1cn(Cc2cn3cccnc3n2)nn1. The van der Waals surface area contributed by atoms with Gasteiger partial charge in [0, 0.05) is 18.6 Å². The molecule has 0 aliphatic heterocycles. The highest BCUT2D eigenvalue weighted by Crippen LogP contribution is 2.12. The van der Waals surface area contributed by atoms with Crippen LogP contribution in [-0.4, -0.2) is 34.5 Å². The van der Waals surface area contributed by atoms with E-state index in [1.54, 1.807) is 17.1 Å². The number of imidazole rings is 1. The van der Waals surface area contributed by atoms with Crippen LogP contribution in [0.5, 0.6) is 0 Å². The summed E-state index contributed by atoms with van der Waals surface area (Å²) in [6, 6.07) is 1.85. The zero-order chi connectivity index (χ0) is 13.2. The van der Waals surface area contributed by atoms with E-state index in [2.05, 4.69) is 20.3 Å². The standard InChI is InChI=1S/C12H14N6O/c1-2-11(19)10-8-18(16-15-10)7-9-6-17-5-3-4-13-12(17)14-9/h3-6,8,11,19H,2,7H2,1H3. The highest BCUT2D eigenvalue weighted by Gasteiger charge is 2.10. The van der Waals surface area contributed by atoms with E-state index in [-0.39, 0.29) is 0 Å². The maximum atomic E-state index is 9.68. The van der Waals surface area contributed by atoms with Gasteiger partial charge < -0.3 is 5.11 Å². The molecule has 0 bridgehead atoms. The fourth-order valence-electron chi connectivity index (χ4n) is 1.87. The van der Waals surface area contributed by atoms with Gasteiger partial charge in [0.15, 0.2) is 0 Å². The highest BCUT2D eigenvalue weighted by molar-refractivity contribution is 5.29. The highest BCUT2D eigenvalue weighted by atomic mass is 16.3. The molecule has 0 aliphatic rings. The summed E-state index contributed by atoms with van der Waals surface area (Å²) >= 11 is 0. The van der Waals surface area contributed by atoms with Crippen molar-refractivity contribution in [3.63, 3.8) is 0 Å². The summed E-state index contributed by atoms with van der Waals surface area (Å²) in [4.78, 5) is 8.54. The van der Waals surface area contributed by atoms with Crippen LogP contribution in [0.3, 0.4) is 0 Å². The van der Waals surface area contributed by atoms with Gasteiger partial charge in [-0.05, 0) is 12.5 Å². The Labute approximate surface area is 109 Å². The smallest absolute Gasteiger partial charge is 0.233 e. The van der Waals surface area contributed by atoms with Gasteiger partial charge in [0.1, 0.15) is 5.69 Å². The summed E-state index contributed by atoms with van der Waals surface area (Å²) in [6.07, 6.45) is 7.31. The maximum absolute atomic E-state index is 9.68. The van der Waals surface area contributed by atoms with E-state index in [4.69, 9.17) is 0 Å². The number of aliphatic hydroxyl groups is 1. The molecule has 0 aliphatic carbocycles. The van der Waals surface area contributed by atoms with Crippen LogP contribution in [0.1, 0.15) is 30.8 Å². The average molecular weight is 258 g/mol. The lowest BCUT2D eigenvalue weighted by Crippen LogP contribution is -2.00. The number of hydrogen-bond donors (Lipinski definition) is 1. The summed E-state index contributed by atoms with van der Waals surface area (Å²) in [5, 5.41) is 17.6. The number of nitrogens with zero attached hydrogens (tertiary/aromatic N) is 6. The first-order chi connectivity index (χ1) is 9.26. The van der Waals surface area contributed by atoms with E-state index >= 15 is 0 Å². The van der Waals surface area contributed by atoms with Crippen molar-refractivity contribution in [3.05, 3.63) is 42.2 Å². The van der Waals surface area contributed by atoms with Gasteiger partial charge >= 0.3 is 0 Å². The van der Waals surface area contributed by atoms with Crippen LogP contribution in [0.2, 0.25) is 0 Å². The third-order valence-electron chi connectivity index (χ3n) is 2.89. The first-order valence-corrected chi connectivity index (χ1v) is 6.13. The second-order valence-corrected chi connectivity index (χ2v) is 4.32. The molecule has 3 rings (SSSR count). The van der Waals surface area contributed by atoms with Crippen molar-refractivity contribution in [2.75, 3.05) is 0 Å². The molecule has 1 unspecified atom stereocenters. The number of aromatic nitrogens is 6. The Balaban J connectivity index is 1.82. The zero-order valence-corrected chi connectivity index (χ0v) is 10.5. The number of rotatable bonds is 4. The normalized spacial score (nSPS) is 12.9. The fourth-order valence-corrected chi connectivity index (χ4v) is 1.87. The molecular weight excluding hydrogens is 244 g/mol. The van der Waals surface area contributed by atoms with Crippen molar-refractivity contribution in [2.45, 2.75) is 26.0 Å². The molecule has 3 aromatic heterocycles. The minimum absolute atomic E-state index is 0.507. The molecule has 0 saturated carbocycles. The Hall–Kier alpha value is -2.28. The predicted molar refractivity (Wildman–Crippen MR) is 67.4 cm³/mol. The Kier molecular flexibility index (Phi) is 2.96. The third kappa shape index (κ3) is 2.32. The quantitative estimate of drug-likeness (QED) is 0.749. The van der Waals surface area contributed by atoms with Gasteiger partial charge in [-0.1, -0.05) is 12.1 Å². The first-order valence-electron chi connectivity index (χ1n) is 6.13. The van der Waals surface area contributed by atoms with Crippen molar-refractivity contribution in [3.8, 4) is 0 Å². The lowest BCUT2D eigenvalue weighted by molar-refractivity contribution is 0.168. The average Bonchev–Trinajstić information content (AvgIpc) is 3.04. The minimum atomic E-state index is -0.559. The Bertz CT molecular complexity index is 655. The topological polar surface area (TPSA) is 81.1 Å². The van der Waals surface area contributed by atoms with E-state index < -0.39 is 6.10 Å². The molecule has 1 N–H and O–H groups in total. The summed E-state index contributed by atoms with van der Waals surface area (Å²) in [5.74, 6) is 0.659. The van der Waals surface area contributed by atoms with Crippen LogP contribution in [0.15, 0.2) is 30.9 Å². The molecule has 7 nitrogen and oxygen atoms in total. The number of aliphatic hydroxyl groups excluding tert-OH is 1. The monoisotopic (exact) mass is 258 g/mol. The van der Waals surface area contributed by atoms with E-state index in [0.717, 1.165) is 5.69 Å². The summed E-state index contributed by atoms with van der Waals surface area (Å²) in [7, 11) is 0. The van der Waals surface area contributed by atoms with Crippen molar-refractivity contribution < 1.29 is 5.11 Å².